The quantitative estimate of drug-likeness (QED) is 0.377. The molecule has 1 fully saturated rings. The summed E-state index contributed by atoms with van der Waals surface area (Å²) in [7, 11) is 1.84. The van der Waals surface area contributed by atoms with Crippen LogP contribution in [-0.4, -0.2) is 42.5 Å². The van der Waals surface area contributed by atoms with E-state index in [9.17, 15) is 4.79 Å². The average Bonchev–Trinajstić information content (AvgIpc) is 2.91. The molecule has 5 heteroatoms. The van der Waals surface area contributed by atoms with Crippen LogP contribution < -0.4 is 5.32 Å². The molecule has 0 saturated carbocycles. The molecule has 32 heavy (non-hydrogen) atoms. The lowest BCUT2D eigenvalue weighted by molar-refractivity contribution is -0.115. The van der Waals surface area contributed by atoms with Crippen molar-refractivity contribution in [3.05, 3.63) is 65.9 Å². The summed E-state index contributed by atoms with van der Waals surface area (Å²) in [5.41, 5.74) is 4.05. The number of carbonyl (C=O) groups excluding carboxylic acids is 1. The van der Waals surface area contributed by atoms with Gasteiger partial charge in [0.05, 0.1) is 5.69 Å². The van der Waals surface area contributed by atoms with Crippen molar-refractivity contribution in [2.45, 2.75) is 52.4 Å². The van der Waals surface area contributed by atoms with Crippen molar-refractivity contribution in [2.75, 3.05) is 20.1 Å². The largest absolute Gasteiger partial charge is 0.356 e. The first-order valence-corrected chi connectivity index (χ1v) is 11.7. The van der Waals surface area contributed by atoms with Gasteiger partial charge in [0.25, 0.3) is 0 Å². The maximum absolute atomic E-state index is 12.1. The Bertz CT molecular complexity index is 970. The lowest BCUT2D eigenvalue weighted by Crippen LogP contribution is -2.39. The molecule has 0 amide bonds. The van der Waals surface area contributed by atoms with Gasteiger partial charge in [0, 0.05) is 55.7 Å². The summed E-state index contributed by atoms with van der Waals surface area (Å²) in [6, 6.07) is 8.54. The average molecular weight is 433 g/mol. The van der Waals surface area contributed by atoms with Crippen LogP contribution in [0.5, 0.6) is 0 Å². The van der Waals surface area contributed by atoms with E-state index in [0.717, 1.165) is 61.0 Å². The number of allylic oxidation sites excluding steroid dienone is 3. The van der Waals surface area contributed by atoms with Crippen LogP contribution >= 0.6 is 0 Å². The van der Waals surface area contributed by atoms with E-state index in [2.05, 4.69) is 46.9 Å². The van der Waals surface area contributed by atoms with Gasteiger partial charge in [-0.1, -0.05) is 37.8 Å². The summed E-state index contributed by atoms with van der Waals surface area (Å²) in [6.07, 6.45) is 9.37. The summed E-state index contributed by atoms with van der Waals surface area (Å²) in [4.78, 5) is 23.9. The number of ketones is 1. The van der Waals surface area contributed by atoms with E-state index in [1.54, 1.807) is 6.08 Å². The molecular weight excluding hydrogens is 396 g/mol. The monoisotopic (exact) mass is 432 g/mol. The lowest BCUT2D eigenvalue weighted by Gasteiger charge is -2.35. The Balaban J connectivity index is 1.82. The number of nitrogens with zero attached hydrogens (tertiary/aromatic N) is 3. The van der Waals surface area contributed by atoms with Gasteiger partial charge in [0.1, 0.15) is 11.7 Å². The molecule has 0 spiro atoms. The highest BCUT2D eigenvalue weighted by Crippen LogP contribution is 2.30. The fraction of sp³-hybridized carbons (Fsp3) is 0.444. The van der Waals surface area contributed by atoms with Gasteiger partial charge in [0.2, 0.25) is 0 Å². The number of hydrogen-bond donors (Lipinski definition) is 1. The molecule has 0 aliphatic carbocycles. The summed E-state index contributed by atoms with van der Waals surface area (Å²) in [5, 5.41) is 3.36. The van der Waals surface area contributed by atoms with E-state index in [0.29, 0.717) is 12.3 Å². The van der Waals surface area contributed by atoms with Gasteiger partial charge >= 0.3 is 0 Å². The van der Waals surface area contributed by atoms with Crippen LogP contribution in [0, 0.1) is 5.92 Å². The normalized spacial score (nSPS) is 23.8. The van der Waals surface area contributed by atoms with Crippen LogP contribution in [0.4, 0.5) is 5.69 Å². The van der Waals surface area contributed by atoms with E-state index >= 15 is 0 Å². The summed E-state index contributed by atoms with van der Waals surface area (Å²) in [6.45, 7) is 12.2. The zero-order valence-electron chi connectivity index (χ0n) is 19.9. The predicted molar refractivity (Wildman–Crippen MR) is 135 cm³/mol. The fourth-order valence-electron chi connectivity index (χ4n) is 4.63. The first-order chi connectivity index (χ1) is 15.4. The molecule has 2 aliphatic heterocycles. The number of piperidine rings is 1. The molecule has 3 rings (SSSR count). The Morgan fingerprint density at radius 2 is 2.19 bits per heavy atom. The third-order valence-corrected chi connectivity index (χ3v) is 6.21. The van der Waals surface area contributed by atoms with Crippen LogP contribution in [0.1, 0.15) is 57.9 Å². The van der Waals surface area contributed by atoms with Crippen molar-refractivity contribution in [3.8, 4) is 0 Å². The number of amidine groups is 2. The van der Waals surface area contributed by atoms with Crippen molar-refractivity contribution < 1.29 is 4.79 Å². The number of likely N-dealkylation sites (tertiary alicyclic amines) is 1. The number of nitrogens with one attached hydrogen (secondary N) is 1. The molecule has 0 radical (unpaired) electrons. The molecule has 2 unspecified atom stereocenters. The minimum Gasteiger partial charge on any atom is -0.356 e. The molecule has 5 nitrogen and oxygen atoms in total. The lowest BCUT2D eigenvalue weighted by atomic mass is 9.90. The van der Waals surface area contributed by atoms with Crippen LogP contribution in [-0.2, 0) is 4.79 Å². The standard InChI is InChI=1S/C27H36N4O/c1-6-10-19(3)27(28-5)31-14-9-12-23(18-31)22-11-8-13-24(16-22)30-26-21(7-2)17-25(32)15-20(4)29-26/h6,8,10-11,13,15-16,21,23H,3,7,9,12,14,17-18H2,1-2,4-5H3,(H,29,30). The second kappa shape index (κ2) is 11.1. The van der Waals surface area contributed by atoms with Gasteiger partial charge in [-0.25, -0.2) is 4.99 Å². The van der Waals surface area contributed by atoms with Gasteiger partial charge < -0.3 is 10.2 Å². The molecular formula is C27H36N4O. The highest BCUT2D eigenvalue weighted by atomic mass is 16.1. The molecule has 2 atom stereocenters. The molecule has 0 aromatic heterocycles. The Morgan fingerprint density at radius 3 is 2.91 bits per heavy atom. The zero-order valence-corrected chi connectivity index (χ0v) is 19.9. The van der Waals surface area contributed by atoms with Gasteiger partial charge in [-0.05, 0) is 50.8 Å². The zero-order chi connectivity index (χ0) is 23.1. The SMILES string of the molecule is C=C(C=CC)C(=NC)N1CCCC(c2cccc(N=C3NC(C)=CC(=O)CC3CC)c2)C1. The highest BCUT2D eigenvalue weighted by Gasteiger charge is 2.25. The van der Waals surface area contributed by atoms with Crippen molar-refractivity contribution in [1.29, 1.82) is 0 Å². The second-order valence-corrected chi connectivity index (χ2v) is 8.68. The third kappa shape index (κ3) is 5.84. The van der Waals surface area contributed by atoms with Crippen molar-refractivity contribution in [3.63, 3.8) is 0 Å². The molecule has 1 aromatic rings. The van der Waals surface area contributed by atoms with Crippen molar-refractivity contribution >= 4 is 23.1 Å². The van der Waals surface area contributed by atoms with Gasteiger partial charge in [-0.15, -0.1) is 0 Å². The molecule has 2 heterocycles. The number of rotatable bonds is 5. The van der Waals surface area contributed by atoms with Crippen LogP contribution in [0.25, 0.3) is 0 Å². The maximum atomic E-state index is 12.1. The second-order valence-electron chi connectivity index (χ2n) is 8.68. The fourth-order valence-corrected chi connectivity index (χ4v) is 4.63. The predicted octanol–water partition coefficient (Wildman–Crippen LogP) is 5.55. The van der Waals surface area contributed by atoms with Crippen molar-refractivity contribution in [2.24, 2.45) is 15.9 Å². The Hall–Kier alpha value is -2.95. The summed E-state index contributed by atoms with van der Waals surface area (Å²) < 4.78 is 0. The van der Waals surface area contributed by atoms with Crippen LogP contribution in [0.15, 0.2) is 70.3 Å². The molecule has 1 aromatic carbocycles. The number of benzene rings is 1. The number of carbonyl (C=O) groups is 1. The van der Waals surface area contributed by atoms with Crippen LogP contribution in [0.3, 0.4) is 0 Å². The number of hydrogen-bond acceptors (Lipinski definition) is 3. The minimum absolute atomic E-state index is 0.117. The van der Waals surface area contributed by atoms with E-state index in [4.69, 9.17) is 4.99 Å². The molecule has 1 saturated heterocycles. The Morgan fingerprint density at radius 1 is 1.38 bits per heavy atom. The van der Waals surface area contributed by atoms with E-state index in [-0.39, 0.29) is 11.7 Å². The van der Waals surface area contributed by atoms with E-state index in [1.807, 2.05) is 39.1 Å². The molecule has 170 valence electrons. The van der Waals surface area contributed by atoms with E-state index in [1.165, 1.54) is 5.56 Å². The molecule has 2 aliphatic rings. The van der Waals surface area contributed by atoms with Gasteiger partial charge in [-0.3, -0.25) is 9.79 Å². The Labute approximate surface area is 192 Å². The first-order valence-electron chi connectivity index (χ1n) is 11.7. The number of aliphatic imine (C=N–C) groups is 2. The topological polar surface area (TPSA) is 57.1 Å². The molecule has 0 bridgehead atoms. The Kier molecular flexibility index (Phi) is 8.20. The van der Waals surface area contributed by atoms with Gasteiger partial charge in [0.15, 0.2) is 5.78 Å². The molecule has 1 N–H and O–H groups in total. The van der Waals surface area contributed by atoms with Crippen LogP contribution in [0.2, 0.25) is 0 Å². The highest BCUT2D eigenvalue weighted by molar-refractivity contribution is 6.00. The third-order valence-electron chi connectivity index (χ3n) is 6.21. The maximum Gasteiger partial charge on any atom is 0.158 e. The first kappa shape index (κ1) is 23.7. The van der Waals surface area contributed by atoms with E-state index < -0.39 is 0 Å². The smallest absolute Gasteiger partial charge is 0.158 e. The summed E-state index contributed by atoms with van der Waals surface area (Å²) >= 11 is 0. The van der Waals surface area contributed by atoms with Gasteiger partial charge in [-0.2, -0.15) is 0 Å². The minimum atomic E-state index is 0.117. The van der Waals surface area contributed by atoms with Crippen molar-refractivity contribution in [1.82, 2.24) is 10.2 Å². The summed E-state index contributed by atoms with van der Waals surface area (Å²) in [5.74, 6) is 2.57.